The number of hydrogen-bond acceptors (Lipinski definition) is 16. The van der Waals surface area contributed by atoms with Crippen LogP contribution in [-0.2, 0) is 44.9 Å². The molecule has 0 radical (unpaired) electrons. The number of pyridine rings is 5. The van der Waals surface area contributed by atoms with Crippen LogP contribution < -0.4 is 5.73 Å². The average Bonchev–Trinajstić information content (AvgIpc) is 1.58. The van der Waals surface area contributed by atoms with Gasteiger partial charge in [-0.15, -0.1) is 21.5 Å². The number of Topliss-reactive ketones (excluding diaryl/α,β-unsaturated/α-hetero) is 4. The largest absolute Gasteiger partial charge is 0.368 e. The Morgan fingerprint density at radius 3 is 1.08 bits per heavy atom. The molecular formula is C107H110BrF5N12O4S. The molecule has 8 aromatic heterocycles. The van der Waals surface area contributed by atoms with Crippen LogP contribution in [0.15, 0.2) is 193 Å². The lowest BCUT2D eigenvalue weighted by atomic mass is 9.83. The second kappa shape index (κ2) is 38.3. The van der Waals surface area contributed by atoms with E-state index in [-0.39, 0.29) is 70.3 Å². The fraction of sp³-hybridized carbons (Fsp3) is 0.439. The van der Waals surface area contributed by atoms with Gasteiger partial charge in [-0.3, -0.25) is 48.8 Å². The number of nitrogens with two attached hydrogens (primary N) is 1. The first-order valence-electron chi connectivity index (χ1n) is 47.0. The molecule has 2 N–H and O–H groups in total. The number of fused-ring (bicyclic) bond motifs is 8. The maximum Gasteiger partial charge on any atom is 0.219 e. The highest BCUT2D eigenvalue weighted by Crippen LogP contribution is 2.59. The molecule has 9 aliphatic rings. The molecule has 0 aliphatic heterocycles. The molecule has 8 heterocycles. The number of anilines is 1. The Kier molecular flexibility index (Phi) is 26.1. The molecule has 0 spiro atoms. The summed E-state index contributed by atoms with van der Waals surface area (Å²) in [6.07, 6.45) is 38.3. The molecule has 20 atom stereocenters. The van der Waals surface area contributed by atoms with Gasteiger partial charge in [0.1, 0.15) is 62.7 Å². The van der Waals surface area contributed by atoms with Crippen molar-refractivity contribution in [1.29, 1.82) is 0 Å². The van der Waals surface area contributed by atoms with Crippen molar-refractivity contribution in [3.63, 3.8) is 0 Å². The lowest BCUT2D eigenvalue weighted by Crippen LogP contribution is -2.22. The Hall–Kier alpha value is -10.7. The minimum atomic E-state index is -0.308. The number of aromatic nitrogens is 11. The van der Waals surface area contributed by atoms with Gasteiger partial charge in [-0.25, -0.2) is 31.9 Å². The summed E-state index contributed by atoms with van der Waals surface area (Å²) in [4.78, 5) is 81.9. The summed E-state index contributed by atoms with van der Waals surface area (Å²) in [5, 5.41) is 16.9. The molecular weight excluding hydrogens is 1720 g/mol. The van der Waals surface area contributed by atoms with Crippen LogP contribution in [0.5, 0.6) is 0 Å². The van der Waals surface area contributed by atoms with Crippen molar-refractivity contribution in [2.75, 3.05) is 5.73 Å². The zero-order chi connectivity index (χ0) is 89.7. The van der Waals surface area contributed by atoms with Crippen LogP contribution in [0.4, 0.5) is 27.9 Å². The Balaban J connectivity index is 0.000000113. The van der Waals surface area contributed by atoms with Gasteiger partial charge in [0.2, 0.25) is 5.95 Å². The third-order valence-electron chi connectivity index (χ3n) is 32.0. The van der Waals surface area contributed by atoms with Crippen molar-refractivity contribution in [3.8, 4) is 11.3 Å². The fourth-order valence-electron chi connectivity index (χ4n) is 24.8. The number of carbonyl (C=O) groups is 4. The van der Waals surface area contributed by atoms with Crippen molar-refractivity contribution in [3.05, 3.63) is 266 Å². The fourth-order valence-corrected chi connectivity index (χ4v) is 25.8. The van der Waals surface area contributed by atoms with Crippen LogP contribution in [0.1, 0.15) is 217 Å². The Morgan fingerprint density at radius 1 is 0.400 bits per heavy atom. The van der Waals surface area contributed by atoms with E-state index >= 15 is 0 Å². The van der Waals surface area contributed by atoms with Crippen molar-refractivity contribution in [1.82, 2.24) is 54.9 Å². The van der Waals surface area contributed by atoms with E-state index in [1.165, 1.54) is 76.8 Å². The van der Waals surface area contributed by atoms with E-state index < -0.39 is 0 Å². The standard InChI is InChI=1S/C32H33FN4O.C27H26BrF2NO.C25H27FN4O.C23H24FN3OS/c1-19(32(38)10-20-2-6-30(35-16-20)25-17-36-37(18-25)27-4-5-27)21-11-22-13-24(14-23(22)12-21)28-8-9-34-31-7-3-26(33)15-29(28)31;1-15(27(32)9-16-2-4-25(30)24(28)8-16)17-10-18-12-20(13-19(18)11-17)22-6-7-31-26-5-3-21(29)14-23(22)26;1-14(24(31)6-15-12-29-25(27)30-13-15)16-7-17-9-19(10-18(17)8-16)21-4-5-28-23-3-2-20(26)11-22(21)23;1-13(22(28)11-23-27-26-12-29-23)14-6-15-8-17(9-16(15)7-14)19-4-5-25-21-3-2-18(24)10-20(19)21/h2-3,6-9,15-19,21-24,27H,4-5,10-14H2,1H3;2-8,14-15,17-20H,9-13H2,1H3;2-5,11-14,16-19H,6-10H2,1H3,(H2,27,29,30);2-5,10,12-17H,6-9,11H2,1H3/t19?,21?,22-,23+,24?;15?,17?,18-,19+,20?;14?,16?,17-,18+,19?;13?,14?,15-,16+,17?. The molecule has 13 aromatic rings. The van der Waals surface area contributed by atoms with Crippen LogP contribution in [0, 0.1) is 124 Å². The third-order valence-corrected chi connectivity index (χ3v) is 33.3. The highest BCUT2D eigenvalue weighted by molar-refractivity contribution is 9.10. The van der Waals surface area contributed by atoms with Gasteiger partial charge in [-0.2, -0.15) is 5.10 Å². The molecule has 0 bridgehead atoms. The molecule has 5 aromatic carbocycles. The van der Waals surface area contributed by atoms with Crippen LogP contribution >= 0.6 is 27.3 Å². The highest BCUT2D eigenvalue weighted by Gasteiger charge is 2.49. The van der Waals surface area contributed by atoms with E-state index in [9.17, 15) is 41.1 Å². The first-order valence-corrected chi connectivity index (χ1v) is 48.7. The zero-order valence-corrected chi connectivity index (χ0v) is 76.3. The molecule has 12 unspecified atom stereocenters. The van der Waals surface area contributed by atoms with Crippen LogP contribution in [-0.4, -0.2) is 78.0 Å². The number of halogens is 6. The molecule has 130 heavy (non-hydrogen) atoms. The van der Waals surface area contributed by atoms with Gasteiger partial charge in [0.25, 0.3) is 0 Å². The zero-order valence-electron chi connectivity index (χ0n) is 73.9. The number of carbonyl (C=O) groups excluding carboxylic acids is 4. The molecule has 9 aliphatic carbocycles. The van der Waals surface area contributed by atoms with Crippen molar-refractivity contribution < 1.29 is 41.1 Å². The van der Waals surface area contributed by atoms with Gasteiger partial charge in [-0.05, 0) is 380 Å². The lowest BCUT2D eigenvalue weighted by molar-refractivity contribution is -0.124. The minimum absolute atomic E-state index is 0.0127. The summed E-state index contributed by atoms with van der Waals surface area (Å²) >= 11 is 4.66. The monoisotopic (exact) mass is 1830 g/mol. The number of benzene rings is 5. The summed E-state index contributed by atoms with van der Waals surface area (Å²) in [7, 11) is 0. The van der Waals surface area contributed by atoms with Crippen molar-refractivity contribution in [2.24, 2.45) is 94.7 Å². The van der Waals surface area contributed by atoms with Gasteiger partial charge in [0, 0.05) is 120 Å². The van der Waals surface area contributed by atoms with Crippen LogP contribution in [0.2, 0.25) is 0 Å². The van der Waals surface area contributed by atoms with Crippen molar-refractivity contribution >= 4 is 100.0 Å². The number of hydrogen-bond donors (Lipinski definition) is 1. The molecule has 23 heteroatoms. The molecule has 9 fully saturated rings. The van der Waals surface area contributed by atoms with Crippen molar-refractivity contribution in [2.45, 2.75) is 199 Å². The smallest absolute Gasteiger partial charge is 0.219 e. The number of ketones is 4. The van der Waals surface area contributed by atoms with E-state index in [0.29, 0.717) is 142 Å². The maximum absolute atomic E-state index is 14.0. The summed E-state index contributed by atoms with van der Waals surface area (Å²) in [6.45, 7) is 8.34. The quantitative estimate of drug-likeness (QED) is 0.0622. The first-order chi connectivity index (χ1) is 63.0. The first kappa shape index (κ1) is 88.6. The molecule has 670 valence electrons. The minimum Gasteiger partial charge on any atom is -0.368 e. The molecule has 9 saturated carbocycles. The van der Waals surface area contributed by atoms with E-state index in [2.05, 4.69) is 124 Å². The number of nitrogen functional groups attached to an aromatic ring is 1. The number of nitrogens with zero attached hydrogens (tertiary/aromatic N) is 11. The lowest BCUT2D eigenvalue weighted by Gasteiger charge is -2.21. The van der Waals surface area contributed by atoms with E-state index in [4.69, 9.17) is 5.73 Å². The normalized spacial score (nSPS) is 26.1. The number of rotatable bonds is 22. The van der Waals surface area contributed by atoms with E-state index in [1.807, 2.05) is 54.0 Å². The molecule has 22 rings (SSSR count). The second-order valence-electron chi connectivity index (χ2n) is 39.7. The van der Waals surface area contributed by atoms with Gasteiger partial charge in [0.15, 0.2) is 0 Å². The van der Waals surface area contributed by atoms with Gasteiger partial charge in [-0.1, -0.05) is 39.8 Å². The SMILES string of the molecule is CC(C(=O)Cc1ccc(-c2cnn(C3CC3)c2)nc1)C1C[C@H]2CC(c3ccnc4ccc(F)cc34)C[C@H]2C1.CC(C(=O)Cc1ccc(F)c(Br)c1)C1C[C@H]2CC(c3ccnc4ccc(F)cc34)C[C@H]2C1.CC(C(=O)Cc1cnc(N)nc1)C1C[C@H]2CC(c3ccnc4ccc(F)cc34)C[C@H]2C1.CC(C(=O)Cc1nncs1)C1C[C@H]2CC(c3ccnc4ccc(F)cc34)C[C@H]2C1. The van der Waals surface area contributed by atoms with Crippen LogP contribution in [0.25, 0.3) is 54.9 Å². The summed E-state index contributed by atoms with van der Waals surface area (Å²) < 4.78 is 71.4. The Morgan fingerprint density at radius 2 is 0.746 bits per heavy atom. The maximum atomic E-state index is 14.0. The molecule has 16 nitrogen and oxygen atoms in total. The van der Waals surface area contributed by atoms with E-state index in [0.717, 1.165) is 179 Å². The van der Waals surface area contributed by atoms with Crippen LogP contribution in [0.3, 0.4) is 0 Å². The Labute approximate surface area is 767 Å². The predicted octanol–water partition coefficient (Wildman–Crippen LogP) is 24.1. The average molecular weight is 1840 g/mol. The summed E-state index contributed by atoms with van der Waals surface area (Å²) in [6, 6.07) is 37.2. The topological polar surface area (TPSA) is 228 Å². The third kappa shape index (κ3) is 19.5. The Bertz CT molecular complexity index is 6280. The summed E-state index contributed by atoms with van der Waals surface area (Å²) in [5.41, 5.74) is 20.2. The molecule has 0 saturated heterocycles. The predicted molar refractivity (Wildman–Crippen MR) is 499 cm³/mol. The van der Waals surface area contributed by atoms with Gasteiger partial charge in [0.05, 0.1) is 50.9 Å². The van der Waals surface area contributed by atoms with Gasteiger partial charge < -0.3 is 5.73 Å². The second-order valence-corrected chi connectivity index (χ2v) is 41.4. The van der Waals surface area contributed by atoms with Gasteiger partial charge >= 0.3 is 0 Å². The summed E-state index contributed by atoms with van der Waals surface area (Å²) in [5.74, 6) is 9.09. The van der Waals surface area contributed by atoms with E-state index in [1.54, 1.807) is 78.6 Å². The molecule has 0 amide bonds. The highest BCUT2D eigenvalue weighted by atomic mass is 79.9.